The second-order valence-corrected chi connectivity index (χ2v) is 6.20. The van der Waals surface area contributed by atoms with Crippen molar-refractivity contribution in [2.75, 3.05) is 13.1 Å². The molecule has 1 aliphatic rings. The van der Waals surface area contributed by atoms with E-state index in [0.29, 0.717) is 19.0 Å². The van der Waals surface area contributed by atoms with Crippen LogP contribution in [0.3, 0.4) is 0 Å². The summed E-state index contributed by atoms with van der Waals surface area (Å²) in [5.74, 6) is -3.43. The lowest BCUT2D eigenvalue weighted by Gasteiger charge is -2.24. The van der Waals surface area contributed by atoms with Crippen LogP contribution in [0.4, 0.5) is 18.0 Å². The Kier molecular flexibility index (Phi) is 4.16. The first-order valence-electron chi connectivity index (χ1n) is 6.80. The van der Waals surface area contributed by atoms with Crippen LogP contribution in [0.25, 0.3) is 0 Å². The summed E-state index contributed by atoms with van der Waals surface area (Å²) in [5.41, 5.74) is -0.512. The molecule has 1 fully saturated rings. The molecule has 1 aliphatic heterocycles. The molecule has 0 N–H and O–H groups in total. The normalized spacial score (nSPS) is 19.0. The molecule has 1 unspecified atom stereocenters. The first kappa shape index (κ1) is 15.7. The minimum atomic E-state index is -1.21. The molecule has 0 aliphatic carbocycles. The molecule has 1 heterocycles. The Hall–Kier alpha value is -1.72. The quantitative estimate of drug-likeness (QED) is 0.738. The highest BCUT2D eigenvalue weighted by Gasteiger charge is 2.32. The molecule has 116 valence electrons. The number of carbonyl (C=O) groups excluding carboxylic acids is 1. The number of likely N-dealkylation sites (tertiary alicyclic amines) is 1. The zero-order valence-corrected chi connectivity index (χ0v) is 12.3. The van der Waals surface area contributed by atoms with Gasteiger partial charge in [0.1, 0.15) is 11.4 Å². The van der Waals surface area contributed by atoms with Crippen LogP contribution in [0.5, 0.6) is 0 Å². The van der Waals surface area contributed by atoms with E-state index in [-0.39, 0.29) is 18.0 Å². The Bertz CT molecular complexity index is 555. The van der Waals surface area contributed by atoms with Crippen molar-refractivity contribution in [3.63, 3.8) is 0 Å². The number of hydrogen-bond donors (Lipinski definition) is 0. The van der Waals surface area contributed by atoms with Gasteiger partial charge in [-0.05, 0) is 38.8 Å². The number of halogens is 3. The number of benzene rings is 1. The van der Waals surface area contributed by atoms with Crippen LogP contribution in [0.15, 0.2) is 12.1 Å². The number of nitrogens with zero attached hydrogens (tertiary/aromatic N) is 1. The molecule has 0 radical (unpaired) electrons. The van der Waals surface area contributed by atoms with Crippen LogP contribution >= 0.6 is 0 Å². The van der Waals surface area contributed by atoms with Gasteiger partial charge >= 0.3 is 6.09 Å². The molecule has 1 amide bonds. The summed E-state index contributed by atoms with van der Waals surface area (Å²) >= 11 is 0. The van der Waals surface area contributed by atoms with E-state index in [9.17, 15) is 18.0 Å². The Morgan fingerprint density at radius 2 is 1.81 bits per heavy atom. The van der Waals surface area contributed by atoms with Gasteiger partial charge in [-0.2, -0.15) is 0 Å². The number of ether oxygens (including phenoxy) is 1. The van der Waals surface area contributed by atoms with Gasteiger partial charge in [-0.15, -0.1) is 0 Å². The summed E-state index contributed by atoms with van der Waals surface area (Å²) in [6.07, 6.45) is 0.00863. The Morgan fingerprint density at radius 1 is 1.19 bits per heavy atom. The number of rotatable bonds is 1. The summed E-state index contributed by atoms with van der Waals surface area (Å²) in [6.45, 7) is 5.91. The maximum atomic E-state index is 13.7. The number of amides is 1. The fourth-order valence-electron chi connectivity index (χ4n) is 2.36. The van der Waals surface area contributed by atoms with E-state index in [2.05, 4.69) is 0 Å². The van der Waals surface area contributed by atoms with E-state index in [4.69, 9.17) is 4.74 Å². The smallest absolute Gasteiger partial charge is 0.410 e. The molecule has 2 rings (SSSR count). The lowest BCUT2D eigenvalue weighted by atomic mass is 9.97. The van der Waals surface area contributed by atoms with Gasteiger partial charge in [0.15, 0.2) is 11.6 Å². The fourth-order valence-corrected chi connectivity index (χ4v) is 2.36. The van der Waals surface area contributed by atoms with E-state index in [0.717, 1.165) is 6.07 Å². The zero-order chi connectivity index (χ0) is 15.8. The predicted molar refractivity (Wildman–Crippen MR) is 71.5 cm³/mol. The summed E-state index contributed by atoms with van der Waals surface area (Å²) in [5, 5.41) is 0. The van der Waals surface area contributed by atoms with E-state index in [1.54, 1.807) is 20.8 Å². The molecular formula is C15H18F3NO2. The molecule has 21 heavy (non-hydrogen) atoms. The van der Waals surface area contributed by atoms with E-state index < -0.39 is 29.1 Å². The summed E-state index contributed by atoms with van der Waals surface area (Å²) < 4.78 is 45.2. The van der Waals surface area contributed by atoms with Crippen LogP contribution < -0.4 is 0 Å². The molecule has 0 saturated carbocycles. The van der Waals surface area contributed by atoms with Crippen LogP contribution in [0.2, 0.25) is 0 Å². The Balaban J connectivity index is 2.09. The molecule has 0 spiro atoms. The summed E-state index contributed by atoms with van der Waals surface area (Å²) in [6, 6.07) is 1.41. The van der Waals surface area contributed by atoms with Crippen molar-refractivity contribution in [2.45, 2.75) is 38.7 Å². The third-order valence-corrected chi connectivity index (χ3v) is 3.32. The van der Waals surface area contributed by atoms with Crippen LogP contribution in [0, 0.1) is 17.5 Å². The summed E-state index contributed by atoms with van der Waals surface area (Å²) in [7, 11) is 0. The molecule has 0 aromatic heterocycles. The number of carbonyl (C=O) groups is 1. The second-order valence-electron chi connectivity index (χ2n) is 6.20. The molecule has 1 atom stereocenters. The first-order chi connectivity index (χ1) is 9.67. The van der Waals surface area contributed by atoms with Gasteiger partial charge in [-0.1, -0.05) is 0 Å². The third-order valence-electron chi connectivity index (χ3n) is 3.32. The van der Waals surface area contributed by atoms with Gasteiger partial charge in [0.05, 0.1) is 0 Å². The SMILES string of the molecule is CC(C)(C)OC(=O)N1CCC(c2cc(F)c(F)cc2F)C1. The molecule has 6 heteroatoms. The van der Waals surface area contributed by atoms with Crippen LogP contribution in [-0.4, -0.2) is 29.7 Å². The molecule has 1 saturated heterocycles. The highest BCUT2D eigenvalue weighted by molar-refractivity contribution is 5.68. The first-order valence-corrected chi connectivity index (χ1v) is 6.80. The highest BCUT2D eigenvalue weighted by atomic mass is 19.2. The molecule has 1 aromatic rings. The van der Waals surface area contributed by atoms with E-state index in [1.165, 1.54) is 4.90 Å². The molecular weight excluding hydrogens is 283 g/mol. The predicted octanol–water partition coefficient (Wildman–Crippen LogP) is 3.83. The third kappa shape index (κ3) is 3.68. The Labute approximate surface area is 121 Å². The van der Waals surface area contributed by atoms with Crippen molar-refractivity contribution in [3.05, 3.63) is 35.1 Å². The van der Waals surface area contributed by atoms with Gasteiger partial charge in [0.2, 0.25) is 0 Å². The van der Waals surface area contributed by atoms with Crippen molar-refractivity contribution >= 4 is 6.09 Å². The van der Waals surface area contributed by atoms with Gasteiger partial charge in [-0.25, -0.2) is 18.0 Å². The van der Waals surface area contributed by atoms with E-state index >= 15 is 0 Å². The lowest BCUT2D eigenvalue weighted by molar-refractivity contribution is 0.0292. The van der Waals surface area contributed by atoms with Gasteiger partial charge in [0, 0.05) is 25.1 Å². The number of hydrogen-bond acceptors (Lipinski definition) is 2. The highest BCUT2D eigenvalue weighted by Crippen LogP contribution is 2.31. The Morgan fingerprint density at radius 3 is 2.43 bits per heavy atom. The standard InChI is InChI=1S/C15H18F3NO2/c1-15(2,3)21-14(20)19-5-4-9(8-19)10-6-12(17)13(18)7-11(10)16/h6-7,9H,4-5,8H2,1-3H3. The maximum absolute atomic E-state index is 13.7. The van der Waals surface area contributed by atoms with E-state index in [1.807, 2.05) is 0 Å². The van der Waals surface area contributed by atoms with Crippen LogP contribution in [-0.2, 0) is 4.74 Å². The van der Waals surface area contributed by atoms with Crippen molar-refractivity contribution in [1.29, 1.82) is 0 Å². The average Bonchev–Trinajstić information content (AvgIpc) is 2.81. The monoisotopic (exact) mass is 301 g/mol. The van der Waals surface area contributed by atoms with Crippen molar-refractivity contribution in [1.82, 2.24) is 4.90 Å². The average molecular weight is 301 g/mol. The van der Waals surface area contributed by atoms with Crippen molar-refractivity contribution < 1.29 is 22.7 Å². The largest absolute Gasteiger partial charge is 0.444 e. The zero-order valence-electron chi connectivity index (χ0n) is 12.3. The van der Waals surface area contributed by atoms with Crippen molar-refractivity contribution in [2.24, 2.45) is 0 Å². The van der Waals surface area contributed by atoms with Crippen LogP contribution in [0.1, 0.15) is 38.7 Å². The van der Waals surface area contributed by atoms with Gasteiger partial charge in [-0.3, -0.25) is 0 Å². The van der Waals surface area contributed by atoms with Gasteiger partial charge < -0.3 is 9.64 Å². The maximum Gasteiger partial charge on any atom is 0.410 e. The molecule has 1 aromatic carbocycles. The topological polar surface area (TPSA) is 29.5 Å². The fraction of sp³-hybridized carbons (Fsp3) is 0.533. The minimum Gasteiger partial charge on any atom is -0.444 e. The van der Waals surface area contributed by atoms with Crippen molar-refractivity contribution in [3.8, 4) is 0 Å². The molecule has 0 bridgehead atoms. The summed E-state index contributed by atoms with van der Waals surface area (Å²) in [4.78, 5) is 13.4. The minimum absolute atomic E-state index is 0.0972. The lowest BCUT2D eigenvalue weighted by Crippen LogP contribution is -2.35. The molecule has 3 nitrogen and oxygen atoms in total. The van der Waals surface area contributed by atoms with Gasteiger partial charge in [0.25, 0.3) is 0 Å². The second kappa shape index (κ2) is 5.58.